The van der Waals surface area contributed by atoms with E-state index in [0.29, 0.717) is 10.8 Å². The van der Waals surface area contributed by atoms with Crippen LogP contribution in [0.1, 0.15) is 6.92 Å². The molecule has 0 saturated heterocycles. The van der Waals surface area contributed by atoms with Gasteiger partial charge in [-0.25, -0.2) is 0 Å². The molecule has 2 aromatic rings. The fourth-order valence-electron chi connectivity index (χ4n) is 0.869. The Balaban J connectivity index is 0. The van der Waals surface area contributed by atoms with E-state index in [-0.39, 0.29) is 11.7 Å². The first-order chi connectivity index (χ1) is 10.6. The van der Waals surface area contributed by atoms with Crippen LogP contribution in [0.2, 0.25) is 5.02 Å². The van der Waals surface area contributed by atoms with E-state index in [1.807, 2.05) is 6.07 Å². The van der Waals surface area contributed by atoms with Gasteiger partial charge in [0.1, 0.15) is 11.5 Å². The van der Waals surface area contributed by atoms with Gasteiger partial charge in [-0.2, -0.15) is 0 Å². The van der Waals surface area contributed by atoms with Crippen molar-refractivity contribution in [2.45, 2.75) is 6.92 Å². The number of carbonyl (C=O) groups is 1. The van der Waals surface area contributed by atoms with Crippen molar-refractivity contribution in [2.75, 3.05) is 0 Å². The van der Waals surface area contributed by atoms with Gasteiger partial charge in [0.15, 0.2) is 5.96 Å². The SMILES string of the molecule is CC(=O)O.N=C(N)N.Oc1ccc(Cl)cc1.Oc1ccccc1. The first kappa shape index (κ1) is 22.4. The number of guanidine groups is 1. The number of aromatic hydroxyl groups is 2. The Bertz CT molecular complexity index is 522. The van der Waals surface area contributed by atoms with Gasteiger partial charge >= 0.3 is 0 Å². The third kappa shape index (κ3) is 24.5. The van der Waals surface area contributed by atoms with E-state index in [2.05, 4.69) is 11.5 Å². The summed E-state index contributed by atoms with van der Waals surface area (Å²) in [6.07, 6.45) is 0. The lowest BCUT2D eigenvalue weighted by molar-refractivity contribution is -0.134. The molecule has 0 unspecified atom stereocenters. The zero-order chi connectivity index (χ0) is 18.3. The predicted molar refractivity (Wildman–Crippen MR) is 90.6 cm³/mol. The largest absolute Gasteiger partial charge is 0.508 e. The molecular weight excluding hydrogens is 322 g/mol. The number of nitrogens with two attached hydrogens (primary N) is 2. The highest BCUT2D eigenvalue weighted by atomic mass is 35.5. The molecular formula is C15H20ClN3O4. The molecule has 0 amide bonds. The Kier molecular flexibility index (Phi) is 13.6. The molecule has 0 saturated carbocycles. The minimum atomic E-state index is -0.833. The zero-order valence-corrected chi connectivity index (χ0v) is 13.2. The smallest absolute Gasteiger partial charge is 0.300 e. The summed E-state index contributed by atoms with van der Waals surface area (Å²) < 4.78 is 0. The maximum Gasteiger partial charge on any atom is 0.300 e. The van der Waals surface area contributed by atoms with Crippen LogP contribution < -0.4 is 11.5 Å². The summed E-state index contributed by atoms with van der Waals surface area (Å²) >= 11 is 5.50. The maximum absolute atomic E-state index is 9.00. The molecule has 0 fully saturated rings. The lowest BCUT2D eigenvalue weighted by atomic mass is 10.3. The van der Waals surface area contributed by atoms with Gasteiger partial charge < -0.3 is 26.8 Å². The van der Waals surface area contributed by atoms with Gasteiger partial charge in [0.2, 0.25) is 0 Å². The summed E-state index contributed by atoms with van der Waals surface area (Å²) in [5.41, 5.74) is 8.94. The topological polar surface area (TPSA) is 154 Å². The highest BCUT2D eigenvalue weighted by Gasteiger charge is 1.84. The number of hydrogen-bond donors (Lipinski definition) is 6. The molecule has 7 nitrogen and oxygen atoms in total. The summed E-state index contributed by atoms with van der Waals surface area (Å²) in [5.74, 6) is -0.600. The highest BCUT2D eigenvalue weighted by molar-refractivity contribution is 6.30. The zero-order valence-electron chi connectivity index (χ0n) is 12.5. The number of hydrogen-bond acceptors (Lipinski definition) is 4. The Morgan fingerprint density at radius 1 is 0.957 bits per heavy atom. The molecule has 0 spiro atoms. The summed E-state index contributed by atoms with van der Waals surface area (Å²) in [4.78, 5) is 9.00. The summed E-state index contributed by atoms with van der Waals surface area (Å²) in [5, 5.41) is 31.4. The van der Waals surface area contributed by atoms with Crippen LogP contribution in [-0.4, -0.2) is 27.2 Å². The third-order valence-corrected chi connectivity index (χ3v) is 1.83. The van der Waals surface area contributed by atoms with Crippen LogP contribution in [0.5, 0.6) is 11.5 Å². The Hall–Kier alpha value is -2.93. The molecule has 0 aromatic heterocycles. The number of halogens is 1. The van der Waals surface area contributed by atoms with Crippen molar-refractivity contribution < 1.29 is 20.1 Å². The fraction of sp³-hybridized carbons (Fsp3) is 0.0667. The molecule has 126 valence electrons. The van der Waals surface area contributed by atoms with E-state index in [0.717, 1.165) is 6.92 Å². The van der Waals surface area contributed by atoms with E-state index in [9.17, 15) is 0 Å². The van der Waals surface area contributed by atoms with Crippen LogP contribution in [0, 0.1) is 5.41 Å². The molecule has 2 aromatic carbocycles. The average Bonchev–Trinajstić information content (AvgIpc) is 2.42. The number of carboxylic acid groups (broad SMARTS) is 1. The van der Waals surface area contributed by atoms with E-state index < -0.39 is 5.97 Å². The number of nitrogens with one attached hydrogen (secondary N) is 1. The first-order valence-electron chi connectivity index (χ1n) is 6.12. The van der Waals surface area contributed by atoms with Gasteiger partial charge in [-0.15, -0.1) is 0 Å². The molecule has 23 heavy (non-hydrogen) atoms. The molecule has 0 heterocycles. The van der Waals surface area contributed by atoms with Crippen LogP contribution in [0.25, 0.3) is 0 Å². The van der Waals surface area contributed by atoms with E-state index in [1.165, 1.54) is 0 Å². The molecule has 0 aliphatic carbocycles. The standard InChI is InChI=1S/C6H5ClO.C6H6O.C2H4O2.CH5N3/c7-5-1-3-6(8)4-2-5;7-6-4-2-1-3-5-6;1-2(3)4;2-1(3)4/h1-4,8H;1-5,7H;1H3,(H,3,4);(H5,2,3,4). The van der Waals surface area contributed by atoms with Crippen molar-refractivity contribution in [3.63, 3.8) is 0 Å². The summed E-state index contributed by atoms with van der Waals surface area (Å²) in [7, 11) is 0. The second-order valence-electron chi connectivity index (χ2n) is 3.79. The van der Waals surface area contributed by atoms with Gasteiger partial charge in [0, 0.05) is 11.9 Å². The number of carboxylic acids is 1. The predicted octanol–water partition coefficient (Wildman–Crippen LogP) is 2.37. The molecule has 0 bridgehead atoms. The minimum absolute atomic E-state index is 0.245. The van der Waals surface area contributed by atoms with Crippen molar-refractivity contribution in [3.05, 3.63) is 59.6 Å². The van der Waals surface area contributed by atoms with Gasteiger partial charge in [0.25, 0.3) is 5.97 Å². The highest BCUT2D eigenvalue weighted by Crippen LogP contribution is 2.12. The second-order valence-corrected chi connectivity index (χ2v) is 4.22. The summed E-state index contributed by atoms with van der Waals surface area (Å²) in [6.45, 7) is 1.08. The van der Waals surface area contributed by atoms with Crippen LogP contribution in [0.3, 0.4) is 0 Å². The molecule has 0 atom stereocenters. The van der Waals surface area contributed by atoms with Crippen molar-refractivity contribution in [1.29, 1.82) is 5.41 Å². The number of benzene rings is 2. The molecule has 8 heteroatoms. The monoisotopic (exact) mass is 341 g/mol. The van der Waals surface area contributed by atoms with Crippen molar-refractivity contribution in [3.8, 4) is 11.5 Å². The van der Waals surface area contributed by atoms with Crippen LogP contribution in [0.15, 0.2) is 54.6 Å². The quantitative estimate of drug-likeness (QED) is 0.319. The fourth-order valence-corrected chi connectivity index (χ4v) is 0.995. The van der Waals surface area contributed by atoms with E-state index >= 15 is 0 Å². The van der Waals surface area contributed by atoms with Crippen LogP contribution >= 0.6 is 11.6 Å². The Labute approximate surface area is 139 Å². The van der Waals surface area contributed by atoms with Crippen molar-refractivity contribution in [2.24, 2.45) is 11.5 Å². The maximum atomic E-state index is 9.00. The number of phenols is 2. The van der Waals surface area contributed by atoms with Crippen molar-refractivity contribution in [1.82, 2.24) is 0 Å². The molecule has 2 rings (SSSR count). The summed E-state index contributed by atoms with van der Waals surface area (Å²) in [6, 6.07) is 15.1. The molecule has 0 aliphatic heterocycles. The third-order valence-electron chi connectivity index (χ3n) is 1.58. The first-order valence-corrected chi connectivity index (χ1v) is 6.50. The average molecular weight is 342 g/mol. The molecule has 0 radical (unpaired) electrons. The Morgan fingerprint density at radius 2 is 1.26 bits per heavy atom. The number of rotatable bonds is 0. The van der Waals surface area contributed by atoms with Gasteiger partial charge in [0.05, 0.1) is 0 Å². The van der Waals surface area contributed by atoms with Crippen LogP contribution in [-0.2, 0) is 4.79 Å². The molecule has 8 N–H and O–H groups in total. The van der Waals surface area contributed by atoms with Gasteiger partial charge in [-0.3, -0.25) is 10.2 Å². The molecule has 0 aliphatic rings. The number of phenolic OH excluding ortho intramolecular Hbond substituents is 2. The normalized spacial score (nSPS) is 7.91. The number of para-hydroxylation sites is 1. The minimum Gasteiger partial charge on any atom is -0.508 e. The van der Waals surface area contributed by atoms with Gasteiger partial charge in [-0.05, 0) is 36.4 Å². The number of aliphatic carboxylic acids is 1. The lowest BCUT2D eigenvalue weighted by Gasteiger charge is -1.87. The van der Waals surface area contributed by atoms with E-state index in [1.54, 1.807) is 48.5 Å². The van der Waals surface area contributed by atoms with Gasteiger partial charge in [-0.1, -0.05) is 29.8 Å². The van der Waals surface area contributed by atoms with Crippen LogP contribution in [0.4, 0.5) is 0 Å². The van der Waals surface area contributed by atoms with Crippen molar-refractivity contribution >= 4 is 23.5 Å². The Morgan fingerprint density at radius 3 is 1.48 bits per heavy atom. The lowest BCUT2D eigenvalue weighted by Crippen LogP contribution is -2.20. The second kappa shape index (κ2) is 14.0. The van der Waals surface area contributed by atoms with E-state index in [4.69, 9.17) is 37.1 Å².